The van der Waals surface area contributed by atoms with Gasteiger partial charge in [0.25, 0.3) is 0 Å². The fourth-order valence-corrected chi connectivity index (χ4v) is 1.97. The Morgan fingerprint density at radius 1 is 1.06 bits per heavy atom. The molecule has 0 saturated carbocycles. The molecule has 0 aliphatic carbocycles. The molecule has 0 bridgehead atoms. The average Bonchev–Trinajstić information content (AvgIpc) is 2.32. The molecular weight excluding hydrogens is 269 g/mol. The molecule has 0 unspecified atom stereocenters. The fraction of sp³-hybridized carbons (Fsp3) is 0.143. The number of anilines is 1. The van der Waals surface area contributed by atoms with Crippen LogP contribution in [0.3, 0.4) is 0 Å². The van der Waals surface area contributed by atoms with Crippen molar-refractivity contribution in [3.05, 3.63) is 51.5 Å². The summed E-state index contributed by atoms with van der Waals surface area (Å²) in [6, 6.07) is 9.04. The lowest BCUT2D eigenvalue weighted by Crippen LogP contribution is -1.94. The van der Waals surface area contributed by atoms with Crippen molar-refractivity contribution >= 4 is 28.9 Å². The minimum Gasteiger partial charge on any atom is -0.455 e. The quantitative estimate of drug-likeness (QED) is 0.788. The Morgan fingerprint density at radius 2 is 1.67 bits per heavy atom. The van der Waals surface area contributed by atoms with Gasteiger partial charge in [-0.2, -0.15) is 0 Å². The molecule has 2 nitrogen and oxygen atoms in total. The summed E-state index contributed by atoms with van der Waals surface area (Å²) in [5.41, 5.74) is 8.22. The molecule has 18 heavy (non-hydrogen) atoms. The van der Waals surface area contributed by atoms with E-state index in [4.69, 9.17) is 33.7 Å². The minimum atomic E-state index is 0.435. The van der Waals surface area contributed by atoms with Gasteiger partial charge in [-0.3, -0.25) is 0 Å². The zero-order chi connectivity index (χ0) is 13.3. The zero-order valence-corrected chi connectivity index (χ0v) is 11.6. The van der Waals surface area contributed by atoms with Crippen LogP contribution in [-0.4, -0.2) is 0 Å². The predicted molar refractivity (Wildman–Crippen MR) is 76.9 cm³/mol. The molecule has 0 fully saturated rings. The Bertz CT molecular complexity index is 573. The van der Waals surface area contributed by atoms with E-state index in [0.717, 1.165) is 16.1 Å². The second-order valence-electron chi connectivity index (χ2n) is 4.12. The molecule has 2 aromatic carbocycles. The van der Waals surface area contributed by atoms with Gasteiger partial charge in [0.1, 0.15) is 5.75 Å². The van der Waals surface area contributed by atoms with Crippen LogP contribution in [-0.2, 0) is 0 Å². The smallest absolute Gasteiger partial charge is 0.151 e. The van der Waals surface area contributed by atoms with Crippen molar-refractivity contribution < 1.29 is 4.74 Å². The summed E-state index contributed by atoms with van der Waals surface area (Å²) in [5, 5.41) is 1.23. The van der Waals surface area contributed by atoms with Gasteiger partial charge in [-0.25, -0.2) is 0 Å². The number of aryl methyl sites for hydroxylation is 2. The second-order valence-corrected chi connectivity index (χ2v) is 4.91. The largest absolute Gasteiger partial charge is 0.455 e. The van der Waals surface area contributed by atoms with Crippen molar-refractivity contribution in [2.45, 2.75) is 13.8 Å². The van der Waals surface area contributed by atoms with Crippen molar-refractivity contribution in [3.63, 3.8) is 0 Å². The number of nitrogens with two attached hydrogens (primary N) is 1. The predicted octanol–water partition coefficient (Wildman–Crippen LogP) is 4.98. The fourth-order valence-electron chi connectivity index (χ4n) is 1.70. The van der Waals surface area contributed by atoms with E-state index in [1.807, 2.05) is 26.0 Å². The highest BCUT2D eigenvalue weighted by Crippen LogP contribution is 2.34. The van der Waals surface area contributed by atoms with Crippen LogP contribution in [0.2, 0.25) is 10.0 Å². The van der Waals surface area contributed by atoms with E-state index in [-0.39, 0.29) is 0 Å². The van der Waals surface area contributed by atoms with Crippen molar-refractivity contribution in [1.82, 2.24) is 0 Å². The van der Waals surface area contributed by atoms with E-state index in [1.165, 1.54) is 0 Å². The number of hydrogen-bond donors (Lipinski definition) is 1. The summed E-state index contributed by atoms with van der Waals surface area (Å²) in [4.78, 5) is 0. The maximum atomic E-state index is 6.11. The number of ether oxygens (including phenoxy) is 1. The highest BCUT2D eigenvalue weighted by atomic mass is 35.5. The molecule has 0 heterocycles. The van der Waals surface area contributed by atoms with Crippen LogP contribution in [0.5, 0.6) is 11.5 Å². The van der Waals surface area contributed by atoms with Gasteiger partial charge in [0, 0.05) is 5.02 Å². The summed E-state index contributed by atoms with van der Waals surface area (Å²) in [6.45, 7) is 3.87. The molecule has 2 N–H and O–H groups in total. The van der Waals surface area contributed by atoms with Crippen LogP contribution in [0.15, 0.2) is 30.3 Å². The lowest BCUT2D eigenvalue weighted by molar-refractivity contribution is 0.484. The normalized spacial score (nSPS) is 10.4. The molecule has 0 aliphatic rings. The average molecular weight is 282 g/mol. The van der Waals surface area contributed by atoms with Crippen molar-refractivity contribution in [1.29, 1.82) is 0 Å². The highest BCUT2D eigenvalue weighted by Gasteiger charge is 2.08. The Balaban J connectivity index is 2.37. The van der Waals surface area contributed by atoms with E-state index < -0.39 is 0 Å². The Hall–Kier alpha value is -1.38. The third-order valence-corrected chi connectivity index (χ3v) is 3.58. The van der Waals surface area contributed by atoms with Crippen LogP contribution < -0.4 is 10.5 Å². The van der Waals surface area contributed by atoms with Crippen LogP contribution in [0.1, 0.15) is 11.1 Å². The van der Waals surface area contributed by atoms with Crippen LogP contribution >= 0.6 is 23.2 Å². The first-order valence-electron chi connectivity index (χ1n) is 5.47. The molecule has 0 aromatic heterocycles. The van der Waals surface area contributed by atoms with Gasteiger partial charge in [-0.15, -0.1) is 0 Å². The summed E-state index contributed by atoms with van der Waals surface area (Å²) >= 11 is 12.0. The molecule has 0 aliphatic heterocycles. The third-order valence-electron chi connectivity index (χ3n) is 2.65. The molecule has 2 aromatic rings. The molecule has 4 heteroatoms. The Morgan fingerprint density at radius 3 is 2.28 bits per heavy atom. The third kappa shape index (κ3) is 2.55. The number of halogens is 2. The molecule has 0 amide bonds. The van der Waals surface area contributed by atoms with E-state index in [0.29, 0.717) is 22.2 Å². The van der Waals surface area contributed by atoms with Gasteiger partial charge >= 0.3 is 0 Å². The summed E-state index contributed by atoms with van der Waals surface area (Å²) in [5.74, 6) is 1.24. The topological polar surface area (TPSA) is 35.2 Å². The molecule has 0 atom stereocenters. The first-order valence-corrected chi connectivity index (χ1v) is 6.23. The molecule has 94 valence electrons. The number of hydrogen-bond acceptors (Lipinski definition) is 2. The van der Waals surface area contributed by atoms with E-state index in [9.17, 15) is 0 Å². The highest BCUT2D eigenvalue weighted by molar-refractivity contribution is 6.33. The number of nitrogen functional groups attached to an aromatic ring is 1. The van der Waals surface area contributed by atoms with Gasteiger partial charge in [0.2, 0.25) is 0 Å². The van der Waals surface area contributed by atoms with Crippen molar-refractivity contribution in [2.24, 2.45) is 0 Å². The maximum Gasteiger partial charge on any atom is 0.151 e. The van der Waals surface area contributed by atoms with Gasteiger partial charge in [-0.1, -0.05) is 29.3 Å². The molecule has 0 spiro atoms. The molecule has 0 radical (unpaired) electrons. The van der Waals surface area contributed by atoms with Gasteiger partial charge in [0.15, 0.2) is 5.75 Å². The van der Waals surface area contributed by atoms with E-state index >= 15 is 0 Å². The van der Waals surface area contributed by atoms with Crippen LogP contribution in [0.4, 0.5) is 5.69 Å². The molecular formula is C14H13Cl2NO. The van der Waals surface area contributed by atoms with Crippen LogP contribution in [0.25, 0.3) is 0 Å². The molecule has 2 rings (SSSR count). The Labute approximate surface area is 116 Å². The summed E-state index contributed by atoms with van der Waals surface area (Å²) in [6.07, 6.45) is 0. The van der Waals surface area contributed by atoms with Gasteiger partial charge in [0.05, 0.1) is 10.7 Å². The summed E-state index contributed by atoms with van der Waals surface area (Å²) in [7, 11) is 0. The maximum absolute atomic E-state index is 6.11. The molecule has 0 saturated heterocycles. The van der Waals surface area contributed by atoms with Gasteiger partial charge < -0.3 is 10.5 Å². The SMILES string of the molecule is Cc1cc(Oc2cccc(Cl)c2N)cc(C)c1Cl. The standard InChI is InChI=1S/C14H13Cl2NO/c1-8-6-10(7-9(2)13(8)16)18-12-5-3-4-11(15)14(12)17/h3-7H,17H2,1-2H3. The second kappa shape index (κ2) is 5.09. The lowest BCUT2D eigenvalue weighted by Gasteiger charge is -2.11. The number of para-hydroxylation sites is 1. The van der Waals surface area contributed by atoms with E-state index in [2.05, 4.69) is 0 Å². The number of rotatable bonds is 2. The van der Waals surface area contributed by atoms with Crippen molar-refractivity contribution in [3.8, 4) is 11.5 Å². The van der Waals surface area contributed by atoms with E-state index in [1.54, 1.807) is 18.2 Å². The zero-order valence-electron chi connectivity index (χ0n) is 10.1. The Kier molecular flexibility index (Phi) is 3.69. The number of benzene rings is 2. The minimum absolute atomic E-state index is 0.435. The monoisotopic (exact) mass is 281 g/mol. The first kappa shape index (κ1) is 13.1. The van der Waals surface area contributed by atoms with Crippen LogP contribution in [0, 0.1) is 13.8 Å². The first-order chi connectivity index (χ1) is 8.49. The van der Waals surface area contributed by atoms with Gasteiger partial charge in [-0.05, 0) is 49.2 Å². The lowest BCUT2D eigenvalue weighted by atomic mass is 10.1. The van der Waals surface area contributed by atoms with Crippen molar-refractivity contribution in [2.75, 3.05) is 5.73 Å². The summed E-state index contributed by atoms with van der Waals surface area (Å²) < 4.78 is 5.74.